The first-order valence-corrected chi connectivity index (χ1v) is 10.7. The molecule has 0 spiro atoms. The van der Waals surface area contributed by atoms with Crippen LogP contribution in [-0.4, -0.2) is 43.1 Å². The lowest BCUT2D eigenvalue weighted by Gasteiger charge is -2.17. The van der Waals surface area contributed by atoms with Crippen molar-refractivity contribution in [3.8, 4) is 0 Å². The Labute approximate surface area is 171 Å². The summed E-state index contributed by atoms with van der Waals surface area (Å²) < 4.78 is 25.8. The third kappa shape index (κ3) is 6.37. The highest BCUT2D eigenvalue weighted by Crippen LogP contribution is 2.14. The predicted molar refractivity (Wildman–Crippen MR) is 110 cm³/mol. The summed E-state index contributed by atoms with van der Waals surface area (Å²) in [5.41, 5.74) is 1.44. The fourth-order valence-electron chi connectivity index (χ4n) is 2.43. The molecule has 1 aromatic carbocycles. The minimum absolute atomic E-state index is 0.0278. The van der Waals surface area contributed by atoms with Gasteiger partial charge < -0.3 is 10.6 Å². The van der Waals surface area contributed by atoms with E-state index in [1.54, 1.807) is 18.2 Å². The number of pyridine rings is 1. The van der Waals surface area contributed by atoms with Crippen LogP contribution in [-0.2, 0) is 26.2 Å². The van der Waals surface area contributed by atoms with Gasteiger partial charge in [0.05, 0.1) is 6.54 Å². The third-order valence-corrected chi connectivity index (χ3v) is 6.24. The Morgan fingerprint density at radius 3 is 2.62 bits per heavy atom. The second kappa shape index (κ2) is 10.1. The second-order valence-corrected chi connectivity index (χ2v) is 8.77. The summed E-state index contributed by atoms with van der Waals surface area (Å²) in [6.07, 6.45) is 3.46. The minimum Gasteiger partial charge on any atom is -0.351 e. The van der Waals surface area contributed by atoms with Crippen molar-refractivity contribution in [3.05, 3.63) is 54.4 Å². The first kappa shape index (κ1) is 22.5. The fraction of sp³-hybridized carbons (Fsp3) is 0.350. The number of benzene rings is 1. The minimum atomic E-state index is -3.79. The molecule has 29 heavy (non-hydrogen) atoms. The maximum absolute atomic E-state index is 12.4. The van der Waals surface area contributed by atoms with Gasteiger partial charge >= 0.3 is 0 Å². The lowest BCUT2D eigenvalue weighted by molar-refractivity contribution is -0.121. The van der Waals surface area contributed by atoms with Crippen LogP contribution in [0.4, 0.5) is 5.69 Å². The largest absolute Gasteiger partial charge is 0.351 e. The highest BCUT2D eigenvalue weighted by Gasteiger charge is 2.22. The number of nitrogens with zero attached hydrogens (tertiary/aromatic N) is 2. The standard InChI is InChI=1S/C20H26N4O4S/c1-4-15(2)20(26)23-17-8-5-7-16(11-17)12-22-19(25)14-24(3)29(27,28)18-9-6-10-21-13-18/h5-11,13,15H,4,12,14H2,1-3H3,(H,22,25)(H,23,26). The summed E-state index contributed by atoms with van der Waals surface area (Å²) >= 11 is 0. The number of rotatable bonds is 9. The van der Waals surface area contributed by atoms with Crippen molar-refractivity contribution in [2.45, 2.75) is 31.7 Å². The molecule has 0 saturated carbocycles. The van der Waals surface area contributed by atoms with Gasteiger partial charge in [0, 0.05) is 37.6 Å². The smallest absolute Gasteiger partial charge is 0.244 e. The molecule has 156 valence electrons. The third-order valence-electron chi connectivity index (χ3n) is 4.45. The number of carbonyl (C=O) groups excluding carboxylic acids is 2. The Kier molecular flexibility index (Phi) is 7.86. The number of hydrogen-bond acceptors (Lipinski definition) is 5. The van der Waals surface area contributed by atoms with E-state index in [1.165, 1.54) is 31.6 Å². The number of aromatic nitrogens is 1. The molecule has 0 aliphatic heterocycles. The fourth-order valence-corrected chi connectivity index (χ4v) is 3.52. The Morgan fingerprint density at radius 2 is 1.97 bits per heavy atom. The van der Waals surface area contributed by atoms with Crippen molar-refractivity contribution in [1.82, 2.24) is 14.6 Å². The van der Waals surface area contributed by atoms with Gasteiger partial charge in [-0.3, -0.25) is 14.6 Å². The zero-order valence-corrected chi connectivity index (χ0v) is 17.6. The zero-order valence-electron chi connectivity index (χ0n) is 16.8. The zero-order chi connectivity index (χ0) is 21.4. The molecular weight excluding hydrogens is 392 g/mol. The normalized spacial score (nSPS) is 12.4. The van der Waals surface area contributed by atoms with Crippen molar-refractivity contribution in [3.63, 3.8) is 0 Å². The summed E-state index contributed by atoms with van der Waals surface area (Å²) in [5.74, 6) is -0.583. The van der Waals surface area contributed by atoms with Gasteiger partial charge in [-0.25, -0.2) is 8.42 Å². The molecule has 1 aromatic heterocycles. The number of nitrogens with one attached hydrogen (secondary N) is 2. The number of amides is 2. The van der Waals surface area contributed by atoms with Gasteiger partial charge in [0.2, 0.25) is 21.8 Å². The van der Waals surface area contributed by atoms with E-state index in [2.05, 4.69) is 15.6 Å². The Morgan fingerprint density at radius 1 is 1.21 bits per heavy atom. The van der Waals surface area contributed by atoms with Crippen LogP contribution >= 0.6 is 0 Å². The lowest BCUT2D eigenvalue weighted by Crippen LogP contribution is -2.38. The van der Waals surface area contributed by atoms with E-state index < -0.39 is 15.9 Å². The molecule has 0 aliphatic rings. The monoisotopic (exact) mass is 418 g/mol. The van der Waals surface area contributed by atoms with Gasteiger partial charge in [0.15, 0.2) is 0 Å². The van der Waals surface area contributed by atoms with Gasteiger partial charge in [-0.05, 0) is 36.2 Å². The number of hydrogen-bond donors (Lipinski definition) is 2. The summed E-state index contributed by atoms with van der Waals surface area (Å²) in [6, 6.07) is 10.1. The van der Waals surface area contributed by atoms with Gasteiger partial charge in [-0.1, -0.05) is 26.0 Å². The first-order chi connectivity index (χ1) is 13.7. The molecule has 0 aliphatic carbocycles. The molecule has 2 rings (SSSR count). The van der Waals surface area contributed by atoms with Crippen LogP contribution in [0.5, 0.6) is 0 Å². The van der Waals surface area contributed by atoms with Crippen LogP contribution in [0.15, 0.2) is 53.7 Å². The van der Waals surface area contributed by atoms with Crippen molar-refractivity contribution in [2.75, 3.05) is 18.9 Å². The highest BCUT2D eigenvalue weighted by atomic mass is 32.2. The lowest BCUT2D eigenvalue weighted by atomic mass is 10.1. The van der Waals surface area contributed by atoms with E-state index in [0.717, 1.165) is 16.3 Å². The summed E-state index contributed by atoms with van der Waals surface area (Å²) in [6.45, 7) is 3.70. The molecule has 0 fully saturated rings. The molecule has 0 saturated heterocycles. The maximum atomic E-state index is 12.4. The van der Waals surface area contributed by atoms with Crippen LogP contribution in [0.25, 0.3) is 0 Å². The predicted octanol–water partition coefficient (Wildman–Crippen LogP) is 2.00. The van der Waals surface area contributed by atoms with E-state index in [-0.39, 0.29) is 29.8 Å². The number of sulfonamides is 1. The van der Waals surface area contributed by atoms with Crippen molar-refractivity contribution >= 4 is 27.5 Å². The van der Waals surface area contributed by atoms with Gasteiger partial charge in [0.1, 0.15) is 4.90 Å². The molecule has 2 aromatic rings. The van der Waals surface area contributed by atoms with Crippen molar-refractivity contribution < 1.29 is 18.0 Å². The van der Waals surface area contributed by atoms with Crippen molar-refractivity contribution in [2.24, 2.45) is 5.92 Å². The molecular formula is C20H26N4O4S. The molecule has 8 nitrogen and oxygen atoms in total. The molecule has 2 N–H and O–H groups in total. The van der Waals surface area contributed by atoms with Crippen LogP contribution in [0.1, 0.15) is 25.8 Å². The van der Waals surface area contributed by atoms with Crippen molar-refractivity contribution in [1.29, 1.82) is 0 Å². The van der Waals surface area contributed by atoms with Gasteiger partial charge in [-0.15, -0.1) is 0 Å². The molecule has 2 amide bonds. The molecule has 0 bridgehead atoms. The van der Waals surface area contributed by atoms with Crippen LogP contribution in [0.3, 0.4) is 0 Å². The maximum Gasteiger partial charge on any atom is 0.244 e. The Bertz CT molecular complexity index is 948. The van der Waals surface area contributed by atoms with E-state index in [4.69, 9.17) is 0 Å². The summed E-state index contributed by atoms with van der Waals surface area (Å²) in [4.78, 5) is 28.0. The quantitative estimate of drug-likeness (QED) is 0.647. The second-order valence-electron chi connectivity index (χ2n) is 6.73. The van der Waals surface area contributed by atoms with E-state index >= 15 is 0 Å². The molecule has 9 heteroatoms. The van der Waals surface area contributed by atoms with Gasteiger partial charge in [0.25, 0.3) is 0 Å². The highest BCUT2D eigenvalue weighted by molar-refractivity contribution is 7.89. The van der Waals surface area contributed by atoms with Crippen LogP contribution in [0.2, 0.25) is 0 Å². The Hall–Kier alpha value is -2.78. The van der Waals surface area contributed by atoms with E-state index in [9.17, 15) is 18.0 Å². The molecule has 1 heterocycles. The SMILES string of the molecule is CCC(C)C(=O)Nc1cccc(CNC(=O)CN(C)S(=O)(=O)c2cccnc2)c1. The summed E-state index contributed by atoms with van der Waals surface area (Å²) in [7, 11) is -2.45. The first-order valence-electron chi connectivity index (χ1n) is 9.27. The Balaban J connectivity index is 1.92. The van der Waals surface area contributed by atoms with E-state index in [1.807, 2.05) is 19.9 Å². The van der Waals surface area contributed by atoms with Crippen LogP contribution in [0, 0.1) is 5.92 Å². The number of carbonyl (C=O) groups is 2. The number of anilines is 1. The summed E-state index contributed by atoms with van der Waals surface area (Å²) in [5, 5.41) is 5.54. The molecule has 0 radical (unpaired) electrons. The topological polar surface area (TPSA) is 108 Å². The van der Waals surface area contributed by atoms with Gasteiger partial charge in [-0.2, -0.15) is 4.31 Å². The number of likely N-dealkylation sites (N-methyl/N-ethyl adjacent to an activating group) is 1. The average Bonchev–Trinajstić information content (AvgIpc) is 2.72. The van der Waals surface area contributed by atoms with Crippen LogP contribution < -0.4 is 10.6 Å². The van der Waals surface area contributed by atoms with E-state index in [0.29, 0.717) is 5.69 Å². The average molecular weight is 419 g/mol. The molecule has 1 unspecified atom stereocenters. The molecule has 1 atom stereocenters.